The second-order valence-electron chi connectivity index (χ2n) is 7.17. The van der Waals surface area contributed by atoms with Crippen LogP contribution in [0.25, 0.3) is 0 Å². The van der Waals surface area contributed by atoms with Crippen molar-refractivity contribution in [2.45, 2.75) is 31.2 Å². The molecule has 0 unspecified atom stereocenters. The lowest BCUT2D eigenvalue weighted by molar-refractivity contribution is -0.173. The number of ether oxygens (including phenoxy) is 1. The van der Waals surface area contributed by atoms with E-state index in [0.717, 1.165) is 10.2 Å². The minimum Gasteiger partial charge on any atom is -0.497 e. The van der Waals surface area contributed by atoms with Crippen LogP contribution in [0.1, 0.15) is 40.1 Å². The molecule has 0 saturated carbocycles. The Bertz CT molecular complexity index is 1070. The van der Waals surface area contributed by atoms with Gasteiger partial charge in [-0.2, -0.15) is 18.3 Å². The van der Waals surface area contributed by atoms with E-state index < -0.39 is 24.2 Å². The average Bonchev–Trinajstić information content (AvgIpc) is 3.21. The van der Waals surface area contributed by atoms with Gasteiger partial charge in [0.2, 0.25) is 0 Å². The van der Waals surface area contributed by atoms with Gasteiger partial charge in [-0.15, -0.1) is 0 Å². The third-order valence-electron chi connectivity index (χ3n) is 5.09. The molecule has 2 atom stereocenters. The molecule has 1 aromatic carbocycles. The van der Waals surface area contributed by atoms with E-state index in [-0.39, 0.29) is 24.5 Å². The number of rotatable bonds is 5. The zero-order valence-corrected chi connectivity index (χ0v) is 16.6. The van der Waals surface area contributed by atoms with Crippen molar-refractivity contribution in [2.24, 2.45) is 0 Å². The van der Waals surface area contributed by atoms with E-state index in [0.29, 0.717) is 11.3 Å². The number of pyridine rings is 1. The average molecular weight is 431 g/mol. The molecular weight excluding hydrogens is 411 g/mol. The summed E-state index contributed by atoms with van der Waals surface area (Å²) in [5.41, 5.74) is 1.33. The van der Waals surface area contributed by atoms with Crippen LogP contribution in [0.4, 0.5) is 19.0 Å². The molecule has 3 heterocycles. The molecular formula is C21H20F3N5O2. The number of fused-ring (bicyclic) bond motifs is 1. The Morgan fingerprint density at radius 2 is 2.13 bits per heavy atom. The number of methoxy groups -OCH3 is 1. The van der Waals surface area contributed by atoms with E-state index in [2.05, 4.69) is 20.7 Å². The predicted molar refractivity (Wildman–Crippen MR) is 107 cm³/mol. The molecule has 2 aromatic heterocycles. The number of alkyl halides is 3. The highest BCUT2D eigenvalue weighted by molar-refractivity contribution is 5.93. The molecule has 7 nitrogen and oxygen atoms in total. The summed E-state index contributed by atoms with van der Waals surface area (Å²) in [6, 6.07) is 9.25. The minimum atomic E-state index is -4.52. The second-order valence-corrected chi connectivity index (χ2v) is 7.17. The van der Waals surface area contributed by atoms with Crippen LogP contribution in [0, 0.1) is 0 Å². The van der Waals surface area contributed by atoms with E-state index in [1.807, 2.05) is 0 Å². The molecule has 0 spiro atoms. The molecule has 4 rings (SSSR count). The highest BCUT2D eigenvalue weighted by Gasteiger charge is 2.46. The molecule has 1 aliphatic rings. The number of carbonyl (C=O) groups excluding carboxylic acids is 1. The molecule has 2 N–H and O–H groups in total. The quantitative estimate of drug-likeness (QED) is 0.641. The topological polar surface area (TPSA) is 81.1 Å². The largest absolute Gasteiger partial charge is 0.497 e. The lowest BCUT2D eigenvalue weighted by Gasteiger charge is -2.33. The highest BCUT2D eigenvalue weighted by Crippen LogP contribution is 2.43. The first-order valence-electron chi connectivity index (χ1n) is 9.59. The van der Waals surface area contributed by atoms with Gasteiger partial charge in [-0.3, -0.25) is 9.78 Å². The Kier molecular flexibility index (Phi) is 5.53. The van der Waals surface area contributed by atoms with Crippen LogP contribution in [-0.4, -0.2) is 34.0 Å². The Morgan fingerprint density at radius 1 is 1.29 bits per heavy atom. The zero-order valence-electron chi connectivity index (χ0n) is 16.6. The Hall–Kier alpha value is -3.56. The lowest BCUT2D eigenvalue weighted by Crippen LogP contribution is -2.35. The molecule has 0 radical (unpaired) electrons. The van der Waals surface area contributed by atoms with Gasteiger partial charge in [0.1, 0.15) is 11.6 Å². The third kappa shape index (κ3) is 4.47. The van der Waals surface area contributed by atoms with Gasteiger partial charge in [0, 0.05) is 31.4 Å². The van der Waals surface area contributed by atoms with E-state index in [4.69, 9.17) is 4.74 Å². The smallest absolute Gasteiger partial charge is 0.410 e. The van der Waals surface area contributed by atoms with E-state index in [1.54, 1.807) is 48.8 Å². The molecule has 10 heteroatoms. The maximum atomic E-state index is 13.8. The standard InChI is InChI=1S/C21H20F3N5O2/c1-31-15-6-2-5-14(8-15)16-9-18(21(22,23)24)29-19(27-16)10-17(28-29)20(30)26-12-13-4-3-7-25-11-13/h2-8,10-11,16,18,27H,9,12H2,1H3,(H,26,30)/t16-,18-/m1/s1. The predicted octanol–water partition coefficient (Wildman–Crippen LogP) is 3.88. The van der Waals surface area contributed by atoms with Crippen molar-refractivity contribution in [3.63, 3.8) is 0 Å². The van der Waals surface area contributed by atoms with Crippen molar-refractivity contribution in [1.82, 2.24) is 20.1 Å². The van der Waals surface area contributed by atoms with Crippen LogP contribution in [0.2, 0.25) is 0 Å². The van der Waals surface area contributed by atoms with Crippen molar-refractivity contribution >= 4 is 11.7 Å². The van der Waals surface area contributed by atoms with Crippen molar-refractivity contribution in [3.8, 4) is 5.75 Å². The first-order valence-corrected chi connectivity index (χ1v) is 9.59. The molecule has 1 amide bonds. The highest BCUT2D eigenvalue weighted by atomic mass is 19.4. The first kappa shape index (κ1) is 20.7. The SMILES string of the molecule is COc1cccc([C@H]2C[C@H](C(F)(F)F)n3nc(C(=O)NCc4cccnc4)cc3N2)c1. The van der Waals surface area contributed by atoms with Gasteiger partial charge in [-0.25, -0.2) is 4.68 Å². The number of amides is 1. The van der Waals surface area contributed by atoms with Gasteiger partial charge < -0.3 is 15.4 Å². The van der Waals surface area contributed by atoms with Gasteiger partial charge in [-0.05, 0) is 29.3 Å². The molecule has 162 valence electrons. The van der Waals surface area contributed by atoms with E-state index >= 15 is 0 Å². The van der Waals surface area contributed by atoms with Crippen molar-refractivity contribution < 1.29 is 22.7 Å². The first-order chi connectivity index (χ1) is 14.8. The maximum Gasteiger partial charge on any atom is 0.410 e. The van der Waals surface area contributed by atoms with Crippen LogP contribution >= 0.6 is 0 Å². The summed E-state index contributed by atoms with van der Waals surface area (Å²) in [7, 11) is 1.50. The number of nitrogens with one attached hydrogen (secondary N) is 2. The third-order valence-corrected chi connectivity index (χ3v) is 5.09. The Morgan fingerprint density at radius 3 is 2.84 bits per heavy atom. The summed E-state index contributed by atoms with van der Waals surface area (Å²) in [4.78, 5) is 16.5. The molecule has 3 aromatic rings. The van der Waals surface area contributed by atoms with Gasteiger partial charge >= 0.3 is 6.18 Å². The molecule has 0 aliphatic carbocycles. The second kappa shape index (κ2) is 8.29. The summed E-state index contributed by atoms with van der Waals surface area (Å²) in [6.07, 6.45) is -1.58. The fourth-order valence-electron chi connectivity index (χ4n) is 3.54. The van der Waals surface area contributed by atoms with E-state index in [9.17, 15) is 18.0 Å². The summed E-state index contributed by atoms with van der Waals surface area (Å²) in [6.45, 7) is 0.192. The van der Waals surface area contributed by atoms with Crippen LogP contribution in [0.5, 0.6) is 5.75 Å². The monoisotopic (exact) mass is 431 g/mol. The van der Waals surface area contributed by atoms with Gasteiger partial charge in [0.15, 0.2) is 11.7 Å². The fraction of sp³-hybridized carbons (Fsp3) is 0.286. The van der Waals surface area contributed by atoms with Crippen LogP contribution < -0.4 is 15.4 Å². The number of benzene rings is 1. The number of carbonyl (C=O) groups is 1. The van der Waals surface area contributed by atoms with Gasteiger partial charge in [0.05, 0.1) is 13.2 Å². The molecule has 0 bridgehead atoms. The Balaban J connectivity index is 1.59. The lowest BCUT2D eigenvalue weighted by atomic mass is 9.97. The summed E-state index contributed by atoms with van der Waals surface area (Å²) < 4.78 is 47.5. The fourth-order valence-corrected chi connectivity index (χ4v) is 3.54. The van der Waals surface area contributed by atoms with E-state index in [1.165, 1.54) is 13.2 Å². The number of halogens is 3. The molecule has 0 saturated heterocycles. The summed E-state index contributed by atoms with van der Waals surface area (Å²) >= 11 is 0. The van der Waals surface area contributed by atoms with Crippen molar-refractivity contribution in [1.29, 1.82) is 0 Å². The minimum absolute atomic E-state index is 0.0908. The van der Waals surface area contributed by atoms with Crippen molar-refractivity contribution in [2.75, 3.05) is 12.4 Å². The number of aromatic nitrogens is 3. The van der Waals surface area contributed by atoms with Crippen LogP contribution in [0.3, 0.4) is 0 Å². The number of hydrogen-bond donors (Lipinski definition) is 2. The normalized spacial score (nSPS) is 18.1. The van der Waals surface area contributed by atoms with Crippen molar-refractivity contribution in [3.05, 3.63) is 71.7 Å². The van der Waals surface area contributed by atoms with Crippen LogP contribution in [0.15, 0.2) is 54.9 Å². The Labute approximate surface area is 176 Å². The maximum absolute atomic E-state index is 13.8. The van der Waals surface area contributed by atoms with Crippen LogP contribution in [-0.2, 0) is 6.54 Å². The summed E-state index contributed by atoms with van der Waals surface area (Å²) in [5.74, 6) is 0.122. The zero-order chi connectivity index (χ0) is 22.0. The number of hydrogen-bond acceptors (Lipinski definition) is 5. The summed E-state index contributed by atoms with van der Waals surface area (Å²) in [5, 5.41) is 9.68. The van der Waals surface area contributed by atoms with Gasteiger partial charge in [-0.1, -0.05) is 18.2 Å². The van der Waals surface area contributed by atoms with Gasteiger partial charge in [0.25, 0.3) is 5.91 Å². The molecule has 1 aliphatic heterocycles. The number of nitrogens with zero attached hydrogens (tertiary/aromatic N) is 3. The number of anilines is 1. The molecule has 0 fully saturated rings. The molecule has 31 heavy (non-hydrogen) atoms.